The van der Waals surface area contributed by atoms with E-state index in [9.17, 15) is 9.18 Å². The molecule has 4 nitrogen and oxygen atoms in total. The van der Waals surface area contributed by atoms with Crippen LogP contribution in [0.4, 0.5) is 4.39 Å². The summed E-state index contributed by atoms with van der Waals surface area (Å²) in [5, 5.41) is 8.81. The molecule has 1 heterocycles. The van der Waals surface area contributed by atoms with Gasteiger partial charge >= 0.3 is 0 Å². The molecular weight excluding hydrogens is 321 g/mol. The van der Waals surface area contributed by atoms with Gasteiger partial charge in [0, 0.05) is 11.8 Å². The molecule has 0 spiro atoms. The van der Waals surface area contributed by atoms with Gasteiger partial charge in [-0.25, -0.2) is 9.37 Å². The molecule has 0 saturated heterocycles. The highest BCUT2D eigenvalue weighted by Gasteiger charge is 2.39. The zero-order chi connectivity index (χ0) is 17.4. The molecule has 2 fully saturated rings. The molecule has 2 saturated carbocycles. The molecule has 3 atom stereocenters. The van der Waals surface area contributed by atoms with Crippen LogP contribution in [-0.2, 0) is 0 Å². The third-order valence-corrected chi connectivity index (χ3v) is 5.53. The van der Waals surface area contributed by atoms with Gasteiger partial charge < -0.3 is 9.84 Å². The number of benzene rings is 1. The minimum Gasteiger partial charge on any atom is -0.436 e. The second-order valence-electron chi connectivity index (χ2n) is 7.04. The molecule has 2 aliphatic carbocycles. The predicted octanol–water partition coefficient (Wildman–Crippen LogP) is 4.09. The van der Waals surface area contributed by atoms with Gasteiger partial charge in [0.2, 0.25) is 0 Å². The van der Waals surface area contributed by atoms with Crippen LogP contribution in [0.1, 0.15) is 47.5 Å². The Labute approximate surface area is 145 Å². The topological polar surface area (TPSA) is 59.4 Å². The molecule has 0 radical (unpaired) electrons. The Morgan fingerprint density at radius 2 is 2.04 bits per heavy atom. The molecule has 0 amide bonds. The summed E-state index contributed by atoms with van der Waals surface area (Å²) in [6, 6.07) is 8.83. The maximum atomic E-state index is 14.0. The SMILES string of the molecule is O=C(CO)c1cnc(Oc2ccc(C3CC4CCC3C4)cc2)c(F)c1. The molecule has 2 bridgehead atoms. The summed E-state index contributed by atoms with van der Waals surface area (Å²) < 4.78 is 19.5. The number of fused-ring (bicyclic) bond motifs is 2. The number of Topliss-reactive ketones (excluding diaryl/α,β-unsaturated/α-hetero) is 1. The quantitative estimate of drug-likeness (QED) is 0.832. The van der Waals surface area contributed by atoms with Crippen molar-refractivity contribution >= 4 is 5.78 Å². The largest absolute Gasteiger partial charge is 0.436 e. The first-order valence-electron chi connectivity index (χ1n) is 8.71. The Bertz CT molecular complexity index is 790. The zero-order valence-corrected chi connectivity index (χ0v) is 13.8. The van der Waals surface area contributed by atoms with Gasteiger partial charge in [-0.2, -0.15) is 0 Å². The van der Waals surface area contributed by atoms with Crippen molar-refractivity contribution in [1.29, 1.82) is 0 Å². The Hall–Kier alpha value is -2.27. The van der Waals surface area contributed by atoms with Crippen LogP contribution < -0.4 is 4.74 Å². The van der Waals surface area contributed by atoms with Crippen molar-refractivity contribution in [2.45, 2.75) is 31.6 Å². The minimum atomic E-state index is -0.725. The summed E-state index contributed by atoms with van der Waals surface area (Å²) in [7, 11) is 0. The predicted molar refractivity (Wildman–Crippen MR) is 90.3 cm³/mol. The van der Waals surface area contributed by atoms with E-state index in [0.29, 0.717) is 11.7 Å². The third-order valence-electron chi connectivity index (χ3n) is 5.53. The van der Waals surface area contributed by atoms with E-state index in [1.807, 2.05) is 12.1 Å². The second-order valence-corrected chi connectivity index (χ2v) is 7.04. The Morgan fingerprint density at radius 1 is 1.24 bits per heavy atom. The zero-order valence-electron chi connectivity index (χ0n) is 13.8. The van der Waals surface area contributed by atoms with Crippen LogP contribution in [0.3, 0.4) is 0 Å². The molecule has 4 rings (SSSR count). The van der Waals surface area contributed by atoms with Crippen LogP contribution in [0, 0.1) is 17.7 Å². The lowest BCUT2D eigenvalue weighted by atomic mass is 9.83. The normalized spacial score (nSPS) is 24.5. The Balaban J connectivity index is 1.47. The van der Waals surface area contributed by atoms with Crippen molar-refractivity contribution in [2.24, 2.45) is 11.8 Å². The van der Waals surface area contributed by atoms with Crippen LogP contribution >= 0.6 is 0 Å². The summed E-state index contributed by atoms with van der Waals surface area (Å²) in [5.74, 6) is 1.38. The van der Waals surface area contributed by atoms with Crippen LogP contribution in [0.25, 0.3) is 0 Å². The molecule has 25 heavy (non-hydrogen) atoms. The summed E-state index contributed by atoms with van der Waals surface area (Å²) in [4.78, 5) is 15.2. The van der Waals surface area contributed by atoms with Gasteiger partial charge in [0.1, 0.15) is 12.4 Å². The van der Waals surface area contributed by atoms with Crippen molar-refractivity contribution in [2.75, 3.05) is 6.61 Å². The fourth-order valence-electron chi connectivity index (χ4n) is 4.29. The van der Waals surface area contributed by atoms with Crippen LogP contribution in [0.5, 0.6) is 11.6 Å². The first kappa shape index (κ1) is 16.2. The van der Waals surface area contributed by atoms with Gasteiger partial charge in [-0.3, -0.25) is 4.79 Å². The van der Waals surface area contributed by atoms with Gasteiger partial charge in [0.25, 0.3) is 5.88 Å². The van der Waals surface area contributed by atoms with Crippen molar-refractivity contribution in [3.63, 3.8) is 0 Å². The highest BCUT2D eigenvalue weighted by molar-refractivity contribution is 5.96. The summed E-state index contributed by atoms with van der Waals surface area (Å²) in [5.41, 5.74) is 1.36. The van der Waals surface area contributed by atoms with Crippen molar-refractivity contribution < 1.29 is 19.0 Å². The third kappa shape index (κ3) is 3.16. The first-order valence-corrected chi connectivity index (χ1v) is 8.71. The number of nitrogens with zero attached hydrogens (tertiary/aromatic N) is 1. The number of hydrogen-bond acceptors (Lipinski definition) is 4. The van der Waals surface area contributed by atoms with E-state index in [4.69, 9.17) is 9.84 Å². The molecule has 1 aromatic heterocycles. The summed E-state index contributed by atoms with van der Waals surface area (Å²) in [6.07, 6.45) is 6.56. The number of carbonyl (C=O) groups is 1. The maximum Gasteiger partial charge on any atom is 0.255 e. The van der Waals surface area contributed by atoms with E-state index in [-0.39, 0.29) is 11.4 Å². The minimum absolute atomic E-state index is 0.0268. The lowest BCUT2D eigenvalue weighted by molar-refractivity contribution is 0.0903. The van der Waals surface area contributed by atoms with Gasteiger partial charge in [0.05, 0.1) is 0 Å². The van der Waals surface area contributed by atoms with E-state index in [1.54, 1.807) is 0 Å². The van der Waals surface area contributed by atoms with E-state index in [0.717, 1.165) is 17.9 Å². The Morgan fingerprint density at radius 3 is 2.64 bits per heavy atom. The first-order chi connectivity index (χ1) is 12.1. The van der Waals surface area contributed by atoms with Crippen LogP contribution in [0.2, 0.25) is 0 Å². The average molecular weight is 341 g/mol. The number of hydrogen-bond donors (Lipinski definition) is 1. The van der Waals surface area contributed by atoms with Crippen LogP contribution in [0.15, 0.2) is 36.5 Å². The highest BCUT2D eigenvalue weighted by Crippen LogP contribution is 2.52. The van der Waals surface area contributed by atoms with E-state index in [1.165, 1.54) is 37.4 Å². The summed E-state index contributed by atoms with van der Waals surface area (Å²) in [6.45, 7) is -0.675. The molecule has 1 N–H and O–H groups in total. The van der Waals surface area contributed by atoms with Gasteiger partial charge in [-0.05, 0) is 60.8 Å². The molecule has 2 aromatic rings. The number of aromatic nitrogens is 1. The number of rotatable bonds is 5. The number of pyridine rings is 1. The number of ether oxygens (including phenoxy) is 1. The highest BCUT2D eigenvalue weighted by atomic mass is 19.1. The number of halogens is 1. The molecule has 130 valence electrons. The second kappa shape index (κ2) is 6.56. The lowest BCUT2D eigenvalue weighted by Crippen LogP contribution is -2.08. The summed E-state index contributed by atoms with van der Waals surface area (Å²) >= 11 is 0. The maximum absolute atomic E-state index is 14.0. The van der Waals surface area contributed by atoms with E-state index >= 15 is 0 Å². The average Bonchev–Trinajstić information content (AvgIpc) is 3.27. The standard InChI is InChI=1S/C20H20FNO3/c21-18-9-15(19(24)11-23)10-22-20(18)25-16-5-3-13(4-6-16)17-8-12-1-2-14(17)7-12/h3-6,9-10,12,14,17,23H,1-2,7-8,11H2. The fraction of sp³-hybridized carbons (Fsp3) is 0.400. The van der Waals surface area contributed by atoms with Crippen molar-refractivity contribution in [3.05, 3.63) is 53.5 Å². The number of carbonyl (C=O) groups excluding carboxylic acids is 1. The van der Waals surface area contributed by atoms with Gasteiger partial charge in [-0.15, -0.1) is 0 Å². The van der Waals surface area contributed by atoms with Crippen LogP contribution in [-0.4, -0.2) is 22.5 Å². The fourth-order valence-corrected chi connectivity index (χ4v) is 4.29. The molecule has 2 aliphatic rings. The van der Waals surface area contributed by atoms with Gasteiger partial charge in [0.15, 0.2) is 11.6 Å². The molecule has 1 aromatic carbocycles. The van der Waals surface area contributed by atoms with Crippen molar-refractivity contribution in [1.82, 2.24) is 4.98 Å². The van der Waals surface area contributed by atoms with Gasteiger partial charge in [-0.1, -0.05) is 18.6 Å². The number of aliphatic hydroxyl groups is 1. The smallest absolute Gasteiger partial charge is 0.255 e. The number of aliphatic hydroxyl groups excluding tert-OH is 1. The molecular formula is C20H20FNO3. The van der Waals surface area contributed by atoms with E-state index < -0.39 is 18.2 Å². The van der Waals surface area contributed by atoms with Crippen molar-refractivity contribution in [3.8, 4) is 11.6 Å². The Kier molecular flexibility index (Phi) is 4.25. The monoisotopic (exact) mass is 341 g/mol. The van der Waals surface area contributed by atoms with E-state index in [2.05, 4.69) is 17.1 Å². The number of ketones is 1. The molecule has 3 unspecified atom stereocenters. The molecule has 5 heteroatoms. The lowest BCUT2D eigenvalue weighted by Gasteiger charge is -2.22. The molecule has 0 aliphatic heterocycles.